The Balaban J connectivity index is 1.70. The number of nitrogens with one attached hydrogen (secondary N) is 2. The molecule has 2 amide bonds. The molecule has 32 heavy (non-hydrogen) atoms. The van der Waals surface area contributed by atoms with Crippen LogP contribution in [0.15, 0.2) is 29.2 Å². The fourth-order valence-electron chi connectivity index (χ4n) is 4.01. The monoisotopic (exact) mass is 445 g/mol. The number of aromatic nitrogens is 1. The lowest BCUT2D eigenvalue weighted by atomic mass is 9.85. The van der Waals surface area contributed by atoms with Crippen molar-refractivity contribution in [2.24, 2.45) is 5.41 Å². The number of carbonyl (C=O) groups is 2. The van der Waals surface area contributed by atoms with Crippen molar-refractivity contribution in [3.8, 4) is 0 Å². The lowest BCUT2D eigenvalue weighted by Crippen LogP contribution is -2.55. The Kier molecular flexibility index (Phi) is 10.0. The third-order valence-corrected chi connectivity index (χ3v) is 5.90. The summed E-state index contributed by atoms with van der Waals surface area (Å²) in [7, 11) is 0. The van der Waals surface area contributed by atoms with Crippen LogP contribution in [0.5, 0.6) is 0 Å². The van der Waals surface area contributed by atoms with Crippen molar-refractivity contribution >= 4 is 18.1 Å². The molecule has 0 saturated carbocycles. The number of aromatic amines is 1. The molecule has 0 aromatic carbocycles. The first-order valence-electron chi connectivity index (χ1n) is 11.8. The predicted molar refractivity (Wildman–Crippen MR) is 127 cm³/mol. The summed E-state index contributed by atoms with van der Waals surface area (Å²) < 4.78 is 5.34. The predicted octanol–water partition coefficient (Wildman–Crippen LogP) is 4.49. The van der Waals surface area contributed by atoms with Crippen LogP contribution < -0.4 is 10.9 Å². The van der Waals surface area contributed by atoms with Crippen LogP contribution in [-0.2, 0) is 9.53 Å². The SMILES string of the molecule is CCC1CCCN1C(=O)[C@@H](NC(=O)OCCCCC/C=C/c1ccc[nH]c1=O)C(C)(C)C. The molecule has 2 N–H and O–H groups in total. The van der Waals surface area contributed by atoms with E-state index in [1.165, 1.54) is 0 Å². The molecule has 0 spiro atoms. The Morgan fingerprint density at radius 1 is 1.31 bits per heavy atom. The smallest absolute Gasteiger partial charge is 0.407 e. The van der Waals surface area contributed by atoms with Gasteiger partial charge in [-0.3, -0.25) is 9.59 Å². The zero-order valence-corrected chi connectivity index (χ0v) is 20.0. The molecule has 7 heteroatoms. The summed E-state index contributed by atoms with van der Waals surface area (Å²) in [6.07, 6.45) is 11.3. The number of likely N-dealkylation sites (tertiary alicyclic amines) is 1. The Labute approximate surface area is 191 Å². The molecule has 2 atom stereocenters. The van der Waals surface area contributed by atoms with E-state index in [9.17, 15) is 14.4 Å². The van der Waals surface area contributed by atoms with Crippen molar-refractivity contribution in [3.63, 3.8) is 0 Å². The molecular formula is C25H39N3O4. The number of pyridine rings is 1. The largest absolute Gasteiger partial charge is 0.450 e. The van der Waals surface area contributed by atoms with Gasteiger partial charge in [-0.1, -0.05) is 39.8 Å². The van der Waals surface area contributed by atoms with Crippen LogP contribution in [-0.4, -0.2) is 47.1 Å². The molecule has 1 aliphatic rings. The van der Waals surface area contributed by atoms with Crippen molar-refractivity contribution in [1.82, 2.24) is 15.2 Å². The van der Waals surface area contributed by atoms with Gasteiger partial charge in [0.15, 0.2) is 0 Å². The van der Waals surface area contributed by atoms with Crippen LogP contribution >= 0.6 is 0 Å². The number of hydrogen-bond acceptors (Lipinski definition) is 4. The zero-order valence-electron chi connectivity index (χ0n) is 20.0. The summed E-state index contributed by atoms with van der Waals surface area (Å²) in [5.74, 6) is -0.0113. The second-order valence-electron chi connectivity index (χ2n) is 9.52. The zero-order chi connectivity index (χ0) is 23.6. The van der Waals surface area contributed by atoms with E-state index in [0.29, 0.717) is 12.2 Å². The molecule has 1 unspecified atom stereocenters. The first-order chi connectivity index (χ1) is 15.2. The normalized spacial score (nSPS) is 17.5. The quantitative estimate of drug-likeness (QED) is 0.519. The van der Waals surface area contributed by atoms with Crippen molar-refractivity contribution in [2.75, 3.05) is 13.2 Å². The summed E-state index contributed by atoms with van der Waals surface area (Å²) in [5.41, 5.74) is 0.156. The molecule has 178 valence electrons. The Hall–Kier alpha value is -2.57. The van der Waals surface area contributed by atoms with Gasteiger partial charge in [0.2, 0.25) is 5.91 Å². The molecule has 1 saturated heterocycles. The van der Waals surface area contributed by atoms with E-state index < -0.39 is 17.6 Å². The number of hydrogen-bond donors (Lipinski definition) is 2. The standard InChI is InChI=1S/C25H39N3O4/c1-5-20-15-12-17-28(20)23(30)21(25(2,3)4)27-24(31)32-18-10-8-6-7-9-13-19-14-11-16-26-22(19)29/h9,11,13-14,16,20-21H,5-8,10,12,15,17-18H2,1-4H3,(H,26,29)(H,27,31)/b13-9+/t20?,21-/m1/s1. The summed E-state index contributed by atoms with van der Waals surface area (Å²) in [4.78, 5) is 41.6. The van der Waals surface area contributed by atoms with Gasteiger partial charge in [0, 0.05) is 24.3 Å². The third-order valence-electron chi connectivity index (χ3n) is 5.90. The Bertz CT molecular complexity index is 825. The van der Waals surface area contributed by atoms with E-state index in [0.717, 1.165) is 51.5 Å². The van der Waals surface area contributed by atoms with Gasteiger partial charge < -0.3 is 19.9 Å². The molecule has 2 heterocycles. The van der Waals surface area contributed by atoms with Gasteiger partial charge in [-0.25, -0.2) is 4.79 Å². The summed E-state index contributed by atoms with van der Waals surface area (Å²) >= 11 is 0. The van der Waals surface area contributed by atoms with Crippen LogP contribution in [0.4, 0.5) is 4.79 Å². The number of ether oxygens (including phenoxy) is 1. The molecule has 1 aromatic rings. The van der Waals surface area contributed by atoms with Gasteiger partial charge in [-0.05, 0) is 62.5 Å². The molecule has 0 bridgehead atoms. The maximum Gasteiger partial charge on any atom is 0.407 e. The van der Waals surface area contributed by atoms with E-state index >= 15 is 0 Å². The van der Waals surface area contributed by atoms with Crippen molar-refractivity contribution in [1.29, 1.82) is 0 Å². The fraction of sp³-hybridized carbons (Fsp3) is 0.640. The van der Waals surface area contributed by atoms with Crippen LogP contribution in [0.2, 0.25) is 0 Å². The number of H-pyrrole nitrogens is 1. The number of carbonyl (C=O) groups excluding carboxylic acids is 2. The van der Waals surface area contributed by atoms with Gasteiger partial charge >= 0.3 is 6.09 Å². The number of rotatable bonds is 10. The highest BCUT2D eigenvalue weighted by atomic mass is 16.5. The minimum Gasteiger partial charge on any atom is -0.450 e. The average molecular weight is 446 g/mol. The highest BCUT2D eigenvalue weighted by Crippen LogP contribution is 2.26. The topological polar surface area (TPSA) is 91.5 Å². The molecule has 0 radical (unpaired) electrons. The highest BCUT2D eigenvalue weighted by Gasteiger charge is 2.39. The molecule has 1 aliphatic heterocycles. The lowest BCUT2D eigenvalue weighted by Gasteiger charge is -2.35. The molecular weight excluding hydrogens is 406 g/mol. The van der Waals surface area contributed by atoms with Crippen LogP contribution in [0.3, 0.4) is 0 Å². The molecule has 7 nitrogen and oxygen atoms in total. The van der Waals surface area contributed by atoms with Crippen molar-refractivity contribution in [3.05, 3.63) is 40.3 Å². The van der Waals surface area contributed by atoms with Gasteiger partial charge in [0.25, 0.3) is 5.56 Å². The highest BCUT2D eigenvalue weighted by molar-refractivity contribution is 5.87. The van der Waals surface area contributed by atoms with Gasteiger partial charge in [-0.15, -0.1) is 0 Å². The number of amides is 2. The second-order valence-corrected chi connectivity index (χ2v) is 9.52. The van der Waals surface area contributed by atoms with E-state index in [2.05, 4.69) is 17.2 Å². The Morgan fingerprint density at radius 3 is 2.78 bits per heavy atom. The van der Waals surface area contributed by atoms with Crippen LogP contribution in [0, 0.1) is 5.41 Å². The number of alkyl carbamates (subject to hydrolysis) is 1. The average Bonchev–Trinajstić information content (AvgIpc) is 3.22. The fourth-order valence-corrected chi connectivity index (χ4v) is 4.01. The lowest BCUT2D eigenvalue weighted by molar-refractivity contribution is -0.136. The first-order valence-corrected chi connectivity index (χ1v) is 11.8. The summed E-state index contributed by atoms with van der Waals surface area (Å²) in [6, 6.07) is 3.24. The molecule has 2 rings (SSSR count). The summed E-state index contributed by atoms with van der Waals surface area (Å²) in [6.45, 7) is 9.06. The second kappa shape index (κ2) is 12.5. The number of unbranched alkanes of at least 4 members (excludes halogenated alkanes) is 3. The van der Waals surface area contributed by atoms with E-state index in [1.807, 2.05) is 37.8 Å². The van der Waals surface area contributed by atoms with Gasteiger partial charge in [0.1, 0.15) is 6.04 Å². The molecule has 1 aromatic heterocycles. The van der Waals surface area contributed by atoms with Crippen molar-refractivity contribution < 1.29 is 14.3 Å². The van der Waals surface area contributed by atoms with Crippen molar-refractivity contribution in [2.45, 2.75) is 84.7 Å². The molecule has 1 fully saturated rings. The Morgan fingerprint density at radius 2 is 2.09 bits per heavy atom. The van der Waals surface area contributed by atoms with Crippen LogP contribution in [0.1, 0.15) is 78.2 Å². The maximum absolute atomic E-state index is 13.1. The van der Waals surface area contributed by atoms with E-state index in [-0.39, 0.29) is 17.5 Å². The third kappa shape index (κ3) is 7.84. The summed E-state index contributed by atoms with van der Waals surface area (Å²) in [5, 5.41) is 2.82. The van der Waals surface area contributed by atoms with E-state index in [1.54, 1.807) is 18.3 Å². The van der Waals surface area contributed by atoms with E-state index in [4.69, 9.17) is 4.74 Å². The minimum absolute atomic E-state index is 0.0113. The van der Waals surface area contributed by atoms with Crippen LogP contribution in [0.25, 0.3) is 6.08 Å². The van der Waals surface area contributed by atoms with Gasteiger partial charge in [0.05, 0.1) is 6.61 Å². The first kappa shape index (κ1) is 25.7. The number of allylic oxidation sites excluding steroid dienone is 1. The maximum atomic E-state index is 13.1. The van der Waals surface area contributed by atoms with Gasteiger partial charge in [-0.2, -0.15) is 0 Å². The minimum atomic E-state index is -0.603. The number of nitrogens with zero attached hydrogens (tertiary/aromatic N) is 1. The molecule has 0 aliphatic carbocycles.